The number of allylic oxidation sites excluding steroid dienone is 3. The molecule has 4 nitrogen and oxygen atoms in total. The van der Waals surface area contributed by atoms with Crippen LogP contribution in [0, 0.1) is 61.6 Å². The average molecular weight is 815 g/mol. The van der Waals surface area contributed by atoms with Crippen molar-refractivity contribution in [3.63, 3.8) is 0 Å². The van der Waals surface area contributed by atoms with Gasteiger partial charge >= 0.3 is 5.97 Å². The third-order valence-corrected chi connectivity index (χ3v) is 20.1. The molecule has 5 saturated carbocycles. The summed E-state index contributed by atoms with van der Waals surface area (Å²) in [5, 5.41) is 9.87. The van der Waals surface area contributed by atoms with Gasteiger partial charge < -0.3 is 14.6 Å². The van der Waals surface area contributed by atoms with E-state index in [9.17, 15) is 9.90 Å². The zero-order valence-corrected chi connectivity index (χ0v) is 39.4. The first-order valence-corrected chi connectivity index (χ1v) is 23.6. The largest absolute Gasteiger partial charge is 0.504 e. The Bertz CT molecular complexity index is 2070. The minimum absolute atomic E-state index is 0.0549. The van der Waals surface area contributed by atoms with E-state index in [1.807, 2.05) is 12.1 Å². The molecule has 5 aliphatic rings. The molecule has 2 aromatic rings. The van der Waals surface area contributed by atoms with E-state index in [4.69, 9.17) is 9.47 Å². The Morgan fingerprint density at radius 1 is 0.817 bits per heavy atom. The smallest absolute Gasteiger partial charge is 0.336 e. The summed E-state index contributed by atoms with van der Waals surface area (Å²) in [6.45, 7) is 34.7. The molecule has 0 saturated heterocycles. The van der Waals surface area contributed by atoms with Crippen LogP contribution in [0.4, 0.5) is 0 Å². The van der Waals surface area contributed by atoms with Crippen LogP contribution in [0.15, 0.2) is 72.9 Å². The highest BCUT2D eigenvalue weighted by molar-refractivity contribution is 5.89. The van der Waals surface area contributed by atoms with Crippen LogP contribution in [-0.4, -0.2) is 18.2 Å². The van der Waals surface area contributed by atoms with Crippen LogP contribution in [0.2, 0.25) is 0 Å². The van der Waals surface area contributed by atoms with Gasteiger partial charge in [0, 0.05) is 6.08 Å². The van der Waals surface area contributed by atoms with E-state index in [-0.39, 0.29) is 11.2 Å². The van der Waals surface area contributed by atoms with Gasteiger partial charge in [-0.1, -0.05) is 118 Å². The molecule has 6 unspecified atom stereocenters. The van der Waals surface area contributed by atoms with Gasteiger partial charge in [-0.15, -0.1) is 0 Å². The summed E-state index contributed by atoms with van der Waals surface area (Å²) in [4.78, 5) is 12.8. The van der Waals surface area contributed by atoms with Gasteiger partial charge in [-0.2, -0.15) is 0 Å². The molecule has 0 aromatic heterocycles. The second-order valence-corrected chi connectivity index (χ2v) is 22.3. The van der Waals surface area contributed by atoms with Gasteiger partial charge in [0.1, 0.15) is 5.75 Å². The summed E-state index contributed by atoms with van der Waals surface area (Å²) in [6.07, 6.45) is 24.3. The van der Waals surface area contributed by atoms with E-state index in [2.05, 4.69) is 101 Å². The number of esters is 1. The molecule has 60 heavy (non-hydrogen) atoms. The summed E-state index contributed by atoms with van der Waals surface area (Å²) in [7, 11) is 1.50. The van der Waals surface area contributed by atoms with Gasteiger partial charge in [0.15, 0.2) is 11.5 Å². The molecule has 2 spiro atoms. The van der Waals surface area contributed by atoms with Gasteiger partial charge in [-0.25, -0.2) is 4.79 Å². The number of carbonyl (C=O) groups excluding carboxylic acids is 1. The molecule has 2 aromatic carbocycles. The van der Waals surface area contributed by atoms with Gasteiger partial charge in [-0.3, -0.25) is 0 Å². The summed E-state index contributed by atoms with van der Waals surface area (Å²) in [6, 6.07) is 11.0. The van der Waals surface area contributed by atoms with Gasteiger partial charge in [0.2, 0.25) is 0 Å². The monoisotopic (exact) mass is 815 g/mol. The van der Waals surface area contributed by atoms with E-state index in [0.29, 0.717) is 55.8 Å². The number of fused-ring (bicyclic) bond motifs is 2. The Morgan fingerprint density at radius 3 is 2.18 bits per heavy atom. The molecule has 5 aliphatic carbocycles. The molecule has 0 amide bonds. The van der Waals surface area contributed by atoms with Crippen LogP contribution in [0.3, 0.4) is 0 Å². The normalized spacial score (nSPS) is 35.7. The molecule has 9 atom stereocenters. The maximum absolute atomic E-state index is 12.8. The number of ether oxygens (including phenoxy) is 2. The molecular weight excluding hydrogens is 737 g/mol. The number of aromatic hydroxyl groups is 1. The van der Waals surface area contributed by atoms with Crippen molar-refractivity contribution in [1.29, 1.82) is 0 Å². The first kappa shape index (κ1) is 44.5. The number of phenols is 1. The van der Waals surface area contributed by atoms with E-state index in [1.54, 1.807) is 24.3 Å². The van der Waals surface area contributed by atoms with E-state index in [0.717, 1.165) is 41.4 Å². The molecule has 0 heterocycles. The topological polar surface area (TPSA) is 55.8 Å². The Hall–Kier alpha value is -3.53. The molecule has 0 bridgehead atoms. The zero-order chi connectivity index (χ0) is 43.7. The zero-order valence-electron chi connectivity index (χ0n) is 39.4. The Labute approximate surface area is 364 Å². The summed E-state index contributed by atoms with van der Waals surface area (Å²) >= 11 is 0. The van der Waals surface area contributed by atoms with E-state index in [1.165, 1.54) is 95.0 Å². The van der Waals surface area contributed by atoms with E-state index < -0.39 is 5.97 Å². The van der Waals surface area contributed by atoms with Gasteiger partial charge in [0.05, 0.1) is 7.11 Å². The predicted molar refractivity (Wildman–Crippen MR) is 250 cm³/mol. The van der Waals surface area contributed by atoms with Crippen molar-refractivity contribution in [3.8, 4) is 17.2 Å². The minimum Gasteiger partial charge on any atom is -0.504 e. The Kier molecular flexibility index (Phi) is 11.6. The van der Waals surface area contributed by atoms with Crippen molar-refractivity contribution in [2.24, 2.45) is 61.6 Å². The van der Waals surface area contributed by atoms with Crippen LogP contribution in [-0.2, 0) is 11.2 Å². The highest BCUT2D eigenvalue weighted by atomic mass is 16.5. The Balaban J connectivity index is 1.01. The first-order chi connectivity index (χ1) is 28.2. The molecule has 1 N–H and O–H groups in total. The van der Waals surface area contributed by atoms with Crippen molar-refractivity contribution in [1.82, 2.24) is 0 Å². The van der Waals surface area contributed by atoms with Gasteiger partial charge in [-0.05, 0) is 192 Å². The highest BCUT2D eigenvalue weighted by Crippen LogP contribution is 2.95. The second-order valence-electron chi connectivity index (χ2n) is 22.3. The van der Waals surface area contributed by atoms with Crippen molar-refractivity contribution < 1.29 is 19.4 Å². The lowest BCUT2D eigenvalue weighted by atomic mass is 9.33. The number of aryl methyl sites for hydroxylation is 1. The lowest BCUT2D eigenvalue weighted by Crippen LogP contribution is -2.64. The fourth-order valence-electron chi connectivity index (χ4n) is 15.3. The van der Waals surface area contributed by atoms with E-state index >= 15 is 0 Å². The maximum atomic E-state index is 12.8. The molecule has 0 aliphatic heterocycles. The van der Waals surface area contributed by atoms with Crippen molar-refractivity contribution in [3.05, 3.63) is 89.5 Å². The third kappa shape index (κ3) is 6.61. The molecular formula is C56H78O4. The molecule has 5 fully saturated rings. The molecule has 326 valence electrons. The number of methoxy groups -OCH3 is 1. The molecule has 0 radical (unpaired) electrons. The summed E-state index contributed by atoms with van der Waals surface area (Å²) in [5.74, 6) is 3.31. The second kappa shape index (κ2) is 15.7. The number of hydrogen-bond donors (Lipinski definition) is 1. The van der Waals surface area contributed by atoms with Crippen LogP contribution in [0.5, 0.6) is 17.2 Å². The highest BCUT2D eigenvalue weighted by Gasteiger charge is 2.88. The van der Waals surface area contributed by atoms with Crippen LogP contribution < -0.4 is 9.47 Å². The molecule has 7 rings (SSSR count). The number of hydrogen-bond acceptors (Lipinski definition) is 4. The fourth-order valence-corrected chi connectivity index (χ4v) is 15.3. The van der Waals surface area contributed by atoms with Gasteiger partial charge in [0.25, 0.3) is 0 Å². The number of benzene rings is 2. The maximum Gasteiger partial charge on any atom is 0.336 e. The SMILES string of the molecule is C=C(/C=C/c1ccc(OC(=O)/C=C/c2ccc(O)c(OC)c2)c(CC)c1)CC1CCC23CC24CCC2(C)C(C(C)CCC(=C)C(C)C)CC[C@@]2(C)[C@]4(C)CC[C@@]3(C)C1(C)C. The lowest BCUT2D eigenvalue weighted by Gasteiger charge is -2.71. The molecule has 4 heteroatoms. The van der Waals surface area contributed by atoms with Crippen LogP contribution >= 0.6 is 0 Å². The average Bonchev–Trinajstić information content (AvgIpc) is 3.82. The summed E-state index contributed by atoms with van der Waals surface area (Å²) in [5.41, 5.74) is 8.16. The minimum atomic E-state index is -0.452. The first-order valence-electron chi connectivity index (χ1n) is 23.6. The van der Waals surface area contributed by atoms with Crippen LogP contribution in [0.25, 0.3) is 12.2 Å². The van der Waals surface area contributed by atoms with Crippen molar-refractivity contribution in [2.45, 2.75) is 153 Å². The number of rotatable bonds is 14. The predicted octanol–water partition coefficient (Wildman–Crippen LogP) is 15.0. The van der Waals surface area contributed by atoms with Crippen molar-refractivity contribution in [2.75, 3.05) is 7.11 Å². The standard InChI is InChI=1S/C56H78O4/c1-14-43-34-41(20-23-47(43)60-49(58)24-21-42-19-22-46(57)48(35-42)59-13)18-15-38(4)33-44-25-28-55-36-56(55)32-29-51(9)45(40(6)17-16-39(5)37(2)3)26-27-53(51,11)54(56,12)31-30-52(55,10)50(44,7)8/h15,18-24,34-35,37,40,44-45,57H,4-5,14,16-17,25-33,36H2,1-3,6-13H3/b18-15+,24-21+/t40?,44?,45?,51?,52-,53+,54-,55?,56?/m0/s1. The quantitative estimate of drug-likeness (QED) is 0.0678. The number of carbonyl (C=O) groups is 1. The van der Waals surface area contributed by atoms with Crippen molar-refractivity contribution >= 4 is 18.1 Å². The van der Waals surface area contributed by atoms with Crippen LogP contribution in [0.1, 0.15) is 163 Å². The lowest BCUT2D eigenvalue weighted by molar-refractivity contribution is -0.230. The summed E-state index contributed by atoms with van der Waals surface area (Å²) < 4.78 is 10.9. The number of phenolic OH excluding ortho intramolecular Hbond substituents is 1. The third-order valence-electron chi connectivity index (χ3n) is 20.1. The fraction of sp³-hybridized carbons (Fsp3) is 0.625. The Morgan fingerprint density at radius 2 is 1.48 bits per heavy atom.